The lowest BCUT2D eigenvalue weighted by atomic mass is 10.1. The quantitative estimate of drug-likeness (QED) is 0.285. The molecular weight excluding hydrogens is 396 g/mol. The second-order valence-electron chi connectivity index (χ2n) is 7.18. The summed E-state index contributed by atoms with van der Waals surface area (Å²) in [6.07, 6.45) is 0.929. The van der Waals surface area contributed by atoms with Crippen LogP contribution in [0, 0.1) is 10.1 Å². The van der Waals surface area contributed by atoms with E-state index in [-0.39, 0.29) is 5.69 Å². The van der Waals surface area contributed by atoms with E-state index in [0.29, 0.717) is 35.4 Å². The van der Waals surface area contributed by atoms with Crippen LogP contribution in [-0.4, -0.2) is 54.1 Å². The van der Waals surface area contributed by atoms with Crippen molar-refractivity contribution in [2.75, 3.05) is 44.9 Å². The van der Waals surface area contributed by atoms with E-state index in [9.17, 15) is 10.1 Å². The minimum absolute atomic E-state index is 0.0975. The monoisotopic (exact) mass is 422 g/mol. The first kappa shape index (κ1) is 22.0. The van der Waals surface area contributed by atoms with Gasteiger partial charge in [0.25, 0.3) is 5.69 Å². The molecule has 1 heterocycles. The summed E-state index contributed by atoms with van der Waals surface area (Å²) in [5, 5.41) is 17.8. The number of methoxy groups -OCH3 is 1. The van der Waals surface area contributed by atoms with Crippen molar-refractivity contribution in [1.82, 2.24) is 14.9 Å². The zero-order chi connectivity index (χ0) is 22.2. The summed E-state index contributed by atoms with van der Waals surface area (Å²) in [7, 11) is 5.52. The minimum atomic E-state index is -0.454. The molecule has 0 saturated carbocycles. The summed E-state index contributed by atoms with van der Waals surface area (Å²) in [4.78, 5) is 22.3. The van der Waals surface area contributed by atoms with Crippen molar-refractivity contribution in [1.29, 1.82) is 0 Å². The Morgan fingerprint density at radius 1 is 1.10 bits per heavy atom. The fraction of sp³-hybridized carbons (Fsp3) is 0.273. The molecule has 2 N–H and O–H groups in total. The number of nitro groups is 1. The summed E-state index contributed by atoms with van der Waals surface area (Å²) >= 11 is 0. The van der Waals surface area contributed by atoms with Crippen molar-refractivity contribution in [2.45, 2.75) is 6.42 Å². The van der Waals surface area contributed by atoms with Crippen LogP contribution in [0.4, 0.5) is 23.1 Å². The van der Waals surface area contributed by atoms with Crippen molar-refractivity contribution >= 4 is 23.1 Å². The number of anilines is 3. The molecule has 2 aromatic carbocycles. The molecule has 3 aromatic rings. The maximum atomic E-state index is 11.5. The Bertz CT molecular complexity index is 1030. The summed E-state index contributed by atoms with van der Waals surface area (Å²) < 4.78 is 5.11. The number of ether oxygens (including phenoxy) is 1. The first-order valence-electron chi connectivity index (χ1n) is 9.89. The van der Waals surface area contributed by atoms with Gasteiger partial charge < -0.3 is 20.3 Å². The zero-order valence-corrected chi connectivity index (χ0v) is 17.8. The van der Waals surface area contributed by atoms with Gasteiger partial charge in [0.05, 0.1) is 23.8 Å². The molecular formula is C22H26N6O3. The molecule has 0 atom stereocenters. The number of aromatic nitrogens is 2. The van der Waals surface area contributed by atoms with Gasteiger partial charge in [-0.05, 0) is 39.2 Å². The van der Waals surface area contributed by atoms with E-state index in [0.717, 1.165) is 18.5 Å². The van der Waals surface area contributed by atoms with Gasteiger partial charge >= 0.3 is 0 Å². The third-order valence-corrected chi connectivity index (χ3v) is 4.53. The van der Waals surface area contributed by atoms with E-state index < -0.39 is 4.92 Å². The topological polar surface area (TPSA) is 105 Å². The molecule has 0 spiro atoms. The molecule has 0 amide bonds. The van der Waals surface area contributed by atoms with Gasteiger partial charge in [0, 0.05) is 18.2 Å². The third-order valence-electron chi connectivity index (χ3n) is 4.53. The van der Waals surface area contributed by atoms with Gasteiger partial charge in [-0.15, -0.1) is 0 Å². The fourth-order valence-electron chi connectivity index (χ4n) is 2.98. The van der Waals surface area contributed by atoms with E-state index in [1.165, 1.54) is 13.2 Å². The molecule has 3 rings (SSSR count). The Hall–Kier alpha value is -3.72. The molecule has 1 aromatic heterocycles. The van der Waals surface area contributed by atoms with Crippen LogP contribution < -0.4 is 15.4 Å². The van der Waals surface area contributed by atoms with E-state index in [1.54, 1.807) is 18.2 Å². The summed E-state index contributed by atoms with van der Waals surface area (Å²) in [5.74, 6) is 1.32. The Labute approximate surface area is 181 Å². The molecule has 9 heteroatoms. The number of benzene rings is 2. The number of hydrogen-bond acceptors (Lipinski definition) is 8. The number of nitrogens with zero attached hydrogens (tertiary/aromatic N) is 4. The van der Waals surface area contributed by atoms with Crippen molar-refractivity contribution in [3.05, 3.63) is 64.7 Å². The van der Waals surface area contributed by atoms with Gasteiger partial charge in [0.2, 0.25) is 5.95 Å². The maximum Gasteiger partial charge on any atom is 0.296 e. The SMILES string of the molecule is COc1ccc(Nc2cc(-c3ccccc3)nc(NCCCN(C)C)n2)c([N+](=O)[O-])c1. The van der Waals surface area contributed by atoms with Gasteiger partial charge in [0.1, 0.15) is 17.3 Å². The fourth-order valence-corrected chi connectivity index (χ4v) is 2.98. The molecule has 0 radical (unpaired) electrons. The molecule has 0 aliphatic heterocycles. The van der Waals surface area contributed by atoms with Gasteiger partial charge in [-0.3, -0.25) is 10.1 Å². The molecule has 0 bridgehead atoms. The normalized spacial score (nSPS) is 10.7. The van der Waals surface area contributed by atoms with Gasteiger partial charge in [0.15, 0.2) is 0 Å². The molecule has 0 aliphatic carbocycles. The lowest BCUT2D eigenvalue weighted by Gasteiger charge is -2.13. The standard InChI is InChI=1S/C22H26N6O3/c1-27(2)13-7-12-23-22-25-19(16-8-5-4-6-9-16)15-21(26-22)24-18-11-10-17(31-3)14-20(18)28(29)30/h4-6,8-11,14-15H,7,12-13H2,1-3H3,(H2,23,24,25,26). The van der Waals surface area contributed by atoms with Crippen LogP contribution in [0.3, 0.4) is 0 Å². The Balaban J connectivity index is 1.92. The van der Waals surface area contributed by atoms with Crippen LogP contribution in [0.2, 0.25) is 0 Å². The van der Waals surface area contributed by atoms with Crippen molar-refractivity contribution < 1.29 is 9.66 Å². The second-order valence-corrected chi connectivity index (χ2v) is 7.18. The lowest BCUT2D eigenvalue weighted by molar-refractivity contribution is -0.384. The zero-order valence-electron chi connectivity index (χ0n) is 17.8. The average Bonchev–Trinajstić information content (AvgIpc) is 2.77. The molecule has 0 aliphatic rings. The molecule has 31 heavy (non-hydrogen) atoms. The minimum Gasteiger partial charge on any atom is -0.496 e. The highest BCUT2D eigenvalue weighted by atomic mass is 16.6. The highest BCUT2D eigenvalue weighted by Crippen LogP contribution is 2.32. The van der Waals surface area contributed by atoms with Crippen LogP contribution in [0.1, 0.15) is 6.42 Å². The average molecular weight is 422 g/mol. The van der Waals surface area contributed by atoms with E-state index in [2.05, 4.69) is 25.5 Å². The molecule has 9 nitrogen and oxygen atoms in total. The van der Waals surface area contributed by atoms with E-state index in [4.69, 9.17) is 4.74 Å². The van der Waals surface area contributed by atoms with E-state index in [1.807, 2.05) is 44.4 Å². The molecule has 0 fully saturated rings. The van der Waals surface area contributed by atoms with Crippen LogP contribution in [0.5, 0.6) is 5.75 Å². The molecule has 0 saturated heterocycles. The van der Waals surface area contributed by atoms with Crippen molar-refractivity contribution in [3.8, 4) is 17.0 Å². The van der Waals surface area contributed by atoms with Gasteiger partial charge in [-0.25, -0.2) is 4.98 Å². The summed E-state index contributed by atoms with van der Waals surface area (Å²) in [6, 6.07) is 16.1. The van der Waals surface area contributed by atoms with E-state index >= 15 is 0 Å². The lowest BCUT2D eigenvalue weighted by Crippen LogP contribution is -2.17. The smallest absolute Gasteiger partial charge is 0.296 e. The van der Waals surface area contributed by atoms with Crippen molar-refractivity contribution in [2.24, 2.45) is 0 Å². The largest absolute Gasteiger partial charge is 0.496 e. The highest BCUT2D eigenvalue weighted by molar-refractivity contribution is 5.72. The number of rotatable bonds is 10. The maximum absolute atomic E-state index is 11.5. The van der Waals surface area contributed by atoms with Crippen molar-refractivity contribution in [3.63, 3.8) is 0 Å². The Morgan fingerprint density at radius 2 is 1.87 bits per heavy atom. The number of hydrogen-bond donors (Lipinski definition) is 2. The molecule has 0 unspecified atom stereocenters. The first-order chi connectivity index (χ1) is 15.0. The van der Waals surface area contributed by atoms with Crippen LogP contribution in [0.25, 0.3) is 11.3 Å². The predicted octanol–water partition coefficient (Wildman–Crippen LogP) is 4.17. The second kappa shape index (κ2) is 10.4. The number of nitro benzene ring substituents is 1. The summed E-state index contributed by atoms with van der Waals surface area (Å²) in [6.45, 7) is 1.65. The Morgan fingerprint density at radius 3 is 2.55 bits per heavy atom. The van der Waals surface area contributed by atoms with Gasteiger partial charge in [-0.2, -0.15) is 4.98 Å². The van der Waals surface area contributed by atoms with Crippen LogP contribution in [0.15, 0.2) is 54.6 Å². The first-order valence-corrected chi connectivity index (χ1v) is 9.89. The predicted molar refractivity (Wildman–Crippen MR) is 122 cm³/mol. The summed E-state index contributed by atoms with van der Waals surface area (Å²) in [5.41, 5.74) is 1.86. The number of nitrogens with one attached hydrogen (secondary N) is 2. The van der Waals surface area contributed by atoms with Crippen LogP contribution >= 0.6 is 0 Å². The highest BCUT2D eigenvalue weighted by Gasteiger charge is 2.17. The Kier molecular flexibility index (Phi) is 7.34. The third kappa shape index (κ3) is 6.13. The van der Waals surface area contributed by atoms with Gasteiger partial charge in [-0.1, -0.05) is 30.3 Å². The molecule has 162 valence electrons. The van der Waals surface area contributed by atoms with Crippen LogP contribution in [-0.2, 0) is 0 Å².